The largest absolute Gasteiger partial charge is 0.462 e. The number of methoxy groups -OCH3 is 1. The van der Waals surface area contributed by atoms with Crippen LogP contribution in [0, 0.1) is 23.7 Å². The molecule has 64 heavy (non-hydrogen) atoms. The molecule has 0 radical (unpaired) electrons. The van der Waals surface area contributed by atoms with Crippen LogP contribution < -0.4 is 5.32 Å². The smallest absolute Gasteiger partial charge is 0.316 e. The van der Waals surface area contributed by atoms with E-state index in [9.17, 15) is 33.3 Å². The summed E-state index contributed by atoms with van der Waals surface area (Å²) in [6.07, 6.45) is 1.24. The normalized spacial score (nSPS) is 35.8. The predicted octanol–water partition coefficient (Wildman–Crippen LogP) is 2.35. The molecule has 0 unspecified atom stereocenters. The van der Waals surface area contributed by atoms with Gasteiger partial charge in [-0.15, -0.1) is 5.10 Å². The lowest BCUT2D eigenvalue weighted by Gasteiger charge is -2.47. The van der Waals surface area contributed by atoms with Crippen LogP contribution in [0.1, 0.15) is 85.4 Å². The van der Waals surface area contributed by atoms with Gasteiger partial charge in [0.1, 0.15) is 30.3 Å². The van der Waals surface area contributed by atoms with Crippen molar-refractivity contribution >= 4 is 27.3 Å². The molecule has 0 bridgehead atoms. The minimum atomic E-state index is -3.27. The zero-order valence-electron chi connectivity index (χ0n) is 39.2. The van der Waals surface area contributed by atoms with Gasteiger partial charge in [-0.25, -0.2) is 8.42 Å². The summed E-state index contributed by atoms with van der Waals surface area (Å²) >= 11 is 0. The molecule has 19 heteroatoms. The molecule has 3 aliphatic heterocycles. The minimum absolute atomic E-state index is 0.199. The number of aliphatic hydroxyl groups is 3. The molecule has 4 heterocycles. The summed E-state index contributed by atoms with van der Waals surface area (Å²) in [6.45, 7) is 13.8. The van der Waals surface area contributed by atoms with Crippen LogP contribution in [-0.4, -0.2) is 162 Å². The maximum Gasteiger partial charge on any atom is 0.316 e. The number of oxime groups is 1. The van der Waals surface area contributed by atoms with E-state index in [0.29, 0.717) is 44.6 Å². The van der Waals surface area contributed by atoms with Gasteiger partial charge in [0.25, 0.3) is 0 Å². The maximum absolute atomic E-state index is 14.2. The zero-order chi connectivity index (χ0) is 47.1. The van der Waals surface area contributed by atoms with E-state index in [-0.39, 0.29) is 23.5 Å². The van der Waals surface area contributed by atoms with Gasteiger partial charge in [-0.05, 0) is 91.1 Å². The number of cyclic esters (lactones) is 1. The second-order valence-corrected chi connectivity index (χ2v) is 20.9. The number of sulfone groups is 1. The van der Waals surface area contributed by atoms with E-state index < -0.39 is 93.7 Å². The molecule has 1 aromatic heterocycles. The van der Waals surface area contributed by atoms with Crippen LogP contribution in [0.2, 0.25) is 0 Å². The molecule has 0 amide bonds. The summed E-state index contributed by atoms with van der Waals surface area (Å²) < 4.78 is 50.2. The molecule has 0 saturated carbocycles. The SMILES string of the molecule is CO[C@]1(C)C[C@@H](C)/C(=N\O[C@@H]2CCCNC2)[C@H](C)[C@@H](O)[C@](C)(O)COC(=O)[C@H](C)C(=O)[C@H](C)[C@H]1O[C@@H]1O[C@H](C)C[C@H](N(C)CCc2cn(CCc3ccc(S(C)(=O)=O)cc3)nn2)[C@H]1O. The maximum atomic E-state index is 14.2. The lowest BCUT2D eigenvalue weighted by Crippen LogP contribution is -2.60. The number of likely N-dealkylation sites (N-methyl/N-ethyl adjacent to an activating group) is 1. The summed E-state index contributed by atoms with van der Waals surface area (Å²) in [7, 11) is 0.151. The standard InChI is InChI=1S/C45H72N6O12S/c1-27-23-45(7,59-9)41(30(4)38(52)31(5)42(55)60-26-44(6,56)40(54)29(3)37(27)48-63-34-12-11-19-46-24-34)62-43-39(53)36(22-28(2)61-43)50(8)20-18-33-25-51(49-47-33)21-17-32-13-15-35(16-14-32)64(10,57)58/h13-16,25,27-31,34,36,39-41,43,46,53-54,56H,11-12,17-24,26H2,1-10H3/b48-37+/t27-,28-,29+,30+,31-,34-,36+,39-,40-,41-,43+,44-,45-/m1/s1. The van der Waals surface area contributed by atoms with Gasteiger partial charge in [-0.3, -0.25) is 14.3 Å². The number of carbonyl (C=O) groups is 2. The molecule has 5 rings (SSSR count). The number of piperidine rings is 1. The van der Waals surface area contributed by atoms with E-state index in [0.717, 1.165) is 30.6 Å². The summed E-state index contributed by atoms with van der Waals surface area (Å²) in [4.78, 5) is 36.0. The highest BCUT2D eigenvalue weighted by Crippen LogP contribution is 2.38. The Labute approximate surface area is 378 Å². The fourth-order valence-electron chi connectivity index (χ4n) is 9.16. The Balaban J connectivity index is 1.34. The Morgan fingerprint density at radius 1 is 1.06 bits per heavy atom. The number of esters is 1. The summed E-state index contributed by atoms with van der Waals surface area (Å²) in [6, 6.07) is 6.39. The molecule has 18 nitrogen and oxygen atoms in total. The van der Waals surface area contributed by atoms with Crippen LogP contribution in [-0.2, 0) is 62.6 Å². The van der Waals surface area contributed by atoms with Gasteiger partial charge in [0.05, 0.1) is 40.2 Å². The van der Waals surface area contributed by atoms with Crippen molar-refractivity contribution in [2.75, 3.05) is 46.7 Å². The van der Waals surface area contributed by atoms with Crippen LogP contribution in [0.3, 0.4) is 0 Å². The molecule has 0 aliphatic carbocycles. The molecule has 360 valence electrons. The van der Waals surface area contributed by atoms with Crippen molar-refractivity contribution in [3.63, 3.8) is 0 Å². The predicted molar refractivity (Wildman–Crippen MR) is 237 cm³/mol. The zero-order valence-corrected chi connectivity index (χ0v) is 40.0. The molecule has 13 atom stereocenters. The van der Waals surface area contributed by atoms with E-state index in [2.05, 4.69) is 20.8 Å². The molecule has 2 aromatic rings. The van der Waals surface area contributed by atoms with Crippen molar-refractivity contribution in [1.82, 2.24) is 25.2 Å². The topological polar surface area (TPSA) is 233 Å². The number of aliphatic hydroxyl groups excluding tert-OH is 2. The first kappa shape index (κ1) is 51.6. The number of aryl methyl sites for hydroxylation is 2. The third-order valence-electron chi connectivity index (χ3n) is 13.4. The number of nitrogens with one attached hydrogen (secondary N) is 1. The minimum Gasteiger partial charge on any atom is -0.462 e. The van der Waals surface area contributed by atoms with E-state index in [4.69, 9.17) is 23.8 Å². The van der Waals surface area contributed by atoms with Crippen LogP contribution in [0.4, 0.5) is 0 Å². The second kappa shape index (κ2) is 21.9. The Kier molecular flexibility index (Phi) is 17.7. The quantitative estimate of drug-likeness (QED) is 0.128. The van der Waals surface area contributed by atoms with E-state index >= 15 is 0 Å². The van der Waals surface area contributed by atoms with E-state index in [1.165, 1.54) is 27.2 Å². The molecule has 1 aromatic carbocycles. The monoisotopic (exact) mass is 920 g/mol. The highest BCUT2D eigenvalue weighted by Gasteiger charge is 2.50. The first-order valence-corrected chi connectivity index (χ1v) is 24.4. The fraction of sp³-hybridized carbons (Fsp3) is 0.756. The number of hydrogen-bond acceptors (Lipinski definition) is 17. The van der Waals surface area contributed by atoms with Gasteiger partial charge < -0.3 is 49.3 Å². The highest BCUT2D eigenvalue weighted by atomic mass is 32.2. The van der Waals surface area contributed by atoms with Crippen LogP contribution in [0.15, 0.2) is 40.5 Å². The van der Waals surface area contributed by atoms with Gasteiger partial charge in [-0.1, -0.05) is 43.3 Å². The summed E-state index contributed by atoms with van der Waals surface area (Å²) in [5.74, 6) is -4.83. The molecule has 3 fully saturated rings. The number of carbonyl (C=O) groups excluding carboxylic acids is 2. The summed E-state index contributed by atoms with van der Waals surface area (Å²) in [5.41, 5.74) is -0.965. The van der Waals surface area contributed by atoms with E-state index in [1.807, 2.05) is 32.0 Å². The average Bonchev–Trinajstić information content (AvgIpc) is 3.73. The molecule has 0 spiro atoms. The highest BCUT2D eigenvalue weighted by molar-refractivity contribution is 7.90. The summed E-state index contributed by atoms with van der Waals surface area (Å²) in [5, 5.41) is 51.5. The Hall–Kier alpha value is -3.40. The number of ketones is 1. The van der Waals surface area contributed by atoms with E-state index in [1.54, 1.807) is 49.7 Å². The van der Waals surface area contributed by atoms with Crippen molar-refractivity contribution in [3.05, 3.63) is 41.7 Å². The third kappa shape index (κ3) is 12.9. The number of benzene rings is 1. The second-order valence-electron chi connectivity index (χ2n) is 18.9. The first-order valence-electron chi connectivity index (χ1n) is 22.5. The van der Waals surface area contributed by atoms with Crippen LogP contribution >= 0.6 is 0 Å². The number of hydrogen-bond donors (Lipinski definition) is 4. The molecule has 3 aliphatic rings. The Bertz CT molecular complexity index is 1990. The number of nitrogens with zero attached hydrogens (tertiary/aromatic N) is 5. The van der Waals surface area contributed by atoms with Crippen LogP contribution in [0.25, 0.3) is 0 Å². The first-order chi connectivity index (χ1) is 30.0. The van der Waals surface area contributed by atoms with Gasteiger partial charge in [0.15, 0.2) is 21.9 Å². The van der Waals surface area contributed by atoms with Gasteiger partial charge in [0.2, 0.25) is 0 Å². The lowest BCUT2D eigenvalue weighted by molar-refractivity contribution is -0.295. The van der Waals surface area contributed by atoms with Crippen LogP contribution in [0.5, 0.6) is 0 Å². The lowest BCUT2D eigenvalue weighted by atomic mass is 9.75. The average molecular weight is 921 g/mol. The van der Waals surface area contributed by atoms with Crippen molar-refractivity contribution in [2.24, 2.45) is 28.8 Å². The van der Waals surface area contributed by atoms with Crippen molar-refractivity contribution in [3.8, 4) is 0 Å². The van der Waals surface area contributed by atoms with Gasteiger partial charge in [0, 0.05) is 69.4 Å². The fourth-order valence-corrected chi connectivity index (χ4v) is 9.79. The van der Waals surface area contributed by atoms with Gasteiger partial charge >= 0.3 is 5.97 Å². The number of ether oxygens (including phenoxy) is 4. The Morgan fingerprint density at radius 3 is 2.41 bits per heavy atom. The number of Topliss-reactive ketones (excluding diaryl/α,β-unsaturated/α-hetero) is 1. The number of rotatable bonds is 13. The van der Waals surface area contributed by atoms with Crippen molar-refractivity contribution in [2.45, 2.75) is 152 Å². The van der Waals surface area contributed by atoms with Crippen molar-refractivity contribution < 1.29 is 57.1 Å². The molecule has 3 saturated heterocycles. The van der Waals surface area contributed by atoms with Gasteiger partial charge in [-0.2, -0.15) is 0 Å². The molecular formula is C45H72N6O12S. The molecular weight excluding hydrogens is 849 g/mol. The third-order valence-corrected chi connectivity index (χ3v) is 14.5. The Morgan fingerprint density at radius 2 is 1.77 bits per heavy atom. The molecule has 4 N–H and O–H groups in total. The number of aromatic nitrogens is 3. The van der Waals surface area contributed by atoms with Crippen molar-refractivity contribution in [1.29, 1.82) is 0 Å².